The van der Waals surface area contributed by atoms with Gasteiger partial charge < -0.3 is 20.5 Å². The number of carboxylic acids is 1. The molecule has 1 aliphatic carbocycles. The Labute approximate surface area is 140 Å². The van der Waals surface area contributed by atoms with Gasteiger partial charge in [-0.05, 0) is 50.8 Å². The molecule has 0 saturated heterocycles. The second kappa shape index (κ2) is 7.99. The van der Waals surface area contributed by atoms with Crippen molar-refractivity contribution in [2.75, 3.05) is 7.11 Å². The number of carbonyl (C=O) groups is 2. The highest BCUT2D eigenvalue weighted by Gasteiger charge is 2.27. The van der Waals surface area contributed by atoms with Gasteiger partial charge in [0.15, 0.2) is 0 Å². The molecule has 0 spiro atoms. The molecule has 0 aliphatic heterocycles. The Balaban J connectivity index is 1.89. The minimum Gasteiger partial charge on any atom is -0.496 e. The van der Waals surface area contributed by atoms with E-state index in [0.29, 0.717) is 37.0 Å². The van der Waals surface area contributed by atoms with E-state index in [9.17, 15) is 14.0 Å². The van der Waals surface area contributed by atoms with Gasteiger partial charge in [-0.15, -0.1) is 0 Å². The molecule has 0 heterocycles. The Morgan fingerprint density at radius 3 is 2.54 bits per heavy atom. The average molecular weight is 338 g/mol. The standard InChI is InChI=1S/C17H23FN2O4/c1-10(14-9-12(18)5-8-15(14)24-2)19-17(23)20-13-6-3-11(4-7-13)16(21)22/h5,8-11,13H,3-4,6-7H2,1-2H3,(H,21,22)(H2,19,20,23). The van der Waals surface area contributed by atoms with Crippen molar-refractivity contribution < 1.29 is 23.8 Å². The van der Waals surface area contributed by atoms with Crippen molar-refractivity contribution >= 4 is 12.0 Å². The van der Waals surface area contributed by atoms with Gasteiger partial charge in [-0.1, -0.05) is 0 Å². The van der Waals surface area contributed by atoms with Gasteiger partial charge in [-0.25, -0.2) is 9.18 Å². The topological polar surface area (TPSA) is 87.7 Å². The van der Waals surface area contributed by atoms with Crippen molar-refractivity contribution in [2.24, 2.45) is 5.92 Å². The van der Waals surface area contributed by atoms with E-state index in [-0.39, 0.29) is 18.0 Å². The molecule has 132 valence electrons. The summed E-state index contributed by atoms with van der Waals surface area (Å²) < 4.78 is 18.6. The van der Waals surface area contributed by atoms with E-state index < -0.39 is 17.8 Å². The normalized spacial score (nSPS) is 21.6. The van der Waals surface area contributed by atoms with Crippen LogP contribution in [0.1, 0.15) is 44.2 Å². The number of ether oxygens (including phenoxy) is 1. The highest BCUT2D eigenvalue weighted by atomic mass is 19.1. The summed E-state index contributed by atoms with van der Waals surface area (Å²) in [5.74, 6) is -0.982. The van der Waals surface area contributed by atoms with Crippen molar-refractivity contribution in [1.82, 2.24) is 10.6 Å². The fourth-order valence-electron chi connectivity index (χ4n) is 3.03. The van der Waals surface area contributed by atoms with E-state index >= 15 is 0 Å². The molecule has 7 heteroatoms. The van der Waals surface area contributed by atoms with Gasteiger partial charge in [0, 0.05) is 11.6 Å². The summed E-state index contributed by atoms with van der Waals surface area (Å²) in [5, 5.41) is 14.6. The number of nitrogens with one attached hydrogen (secondary N) is 2. The minimum atomic E-state index is -0.773. The van der Waals surface area contributed by atoms with Crippen LogP contribution in [-0.4, -0.2) is 30.3 Å². The van der Waals surface area contributed by atoms with Gasteiger partial charge in [0.25, 0.3) is 0 Å². The van der Waals surface area contributed by atoms with Crippen LogP contribution in [-0.2, 0) is 4.79 Å². The van der Waals surface area contributed by atoms with Crippen LogP contribution < -0.4 is 15.4 Å². The first kappa shape index (κ1) is 18.0. The van der Waals surface area contributed by atoms with E-state index in [1.807, 2.05) is 0 Å². The Morgan fingerprint density at radius 2 is 1.96 bits per heavy atom. The first-order valence-corrected chi connectivity index (χ1v) is 8.04. The fourth-order valence-corrected chi connectivity index (χ4v) is 3.03. The summed E-state index contributed by atoms with van der Waals surface area (Å²) in [7, 11) is 1.49. The molecule has 1 saturated carbocycles. The highest BCUT2D eigenvalue weighted by molar-refractivity contribution is 5.75. The Hall–Kier alpha value is -2.31. The van der Waals surface area contributed by atoms with Crippen LogP contribution in [0.25, 0.3) is 0 Å². The summed E-state index contributed by atoms with van der Waals surface area (Å²) >= 11 is 0. The minimum absolute atomic E-state index is 0.0396. The van der Waals surface area contributed by atoms with E-state index in [4.69, 9.17) is 9.84 Å². The second-order valence-electron chi connectivity index (χ2n) is 6.11. The molecule has 1 unspecified atom stereocenters. The van der Waals surface area contributed by atoms with Gasteiger partial charge in [0.1, 0.15) is 11.6 Å². The molecule has 6 nitrogen and oxygen atoms in total. The molecule has 1 aromatic carbocycles. The number of methoxy groups -OCH3 is 1. The Kier molecular flexibility index (Phi) is 6.00. The van der Waals surface area contributed by atoms with Crippen LogP contribution in [0.2, 0.25) is 0 Å². The summed E-state index contributed by atoms with van der Waals surface area (Å²) in [6.07, 6.45) is 2.41. The maximum atomic E-state index is 13.4. The van der Waals surface area contributed by atoms with Gasteiger partial charge in [-0.3, -0.25) is 4.79 Å². The van der Waals surface area contributed by atoms with Gasteiger partial charge >= 0.3 is 12.0 Å². The third-order valence-corrected chi connectivity index (χ3v) is 4.42. The first-order valence-electron chi connectivity index (χ1n) is 8.04. The molecular weight excluding hydrogens is 315 g/mol. The summed E-state index contributed by atoms with van der Waals surface area (Å²) in [5.41, 5.74) is 0.558. The van der Waals surface area contributed by atoms with Gasteiger partial charge in [-0.2, -0.15) is 0 Å². The molecule has 1 aliphatic rings. The number of benzene rings is 1. The molecule has 24 heavy (non-hydrogen) atoms. The van der Waals surface area contributed by atoms with Crippen molar-refractivity contribution in [3.8, 4) is 5.75 Å². The molecule has 0 radical (unpaired) electrons. The number of amides is 2. The lowest BCUT2D eigenvalue weighted by atomic mass is 9.86. The molecular formula is C17H23FN2O4. The van der Waals surface area contributed by atoms with E-state index in [2.05, 4.69) is 10.6 Å². The monoisotopic (exact) mass is 338 g/mol. The predicted molar refractivity (Wildman–Crippen MR) is 86.4 cm³/mol. The van der Waals surface area contributed by atoms with E-state index in [1.54, 1.807) is 6.92 Å². The number of carboxylic acid groups (broad SMARTS) is 1. The molecule has 3 N–H and O–H groups in total. The smallest absolute Gasteiger partial charge is 0.315 e. The lowest BCUT2D eigenvalue weighted by molar-refractivity contribution is -0.142. The molecule has 1 atom stereocenters. The third-order valence-electron chi connectivity index (χ3n) is 4.42. The van der Waals surface area contributed by atoms with Crippen LogP contribution in [0.5, 0.6) is 5.75 Å². The lowest BCUT2D eigenvalue weighted by Crippen LogP contribution is -2.44. The molecule has 1 fully saturated rings. The number of urea groups is 1. The maximum absolute atomic E-state index is 13.4. The van der Waals surface area contributed by atoms with Gasteiger partial charge in [0.2, 0.25) is 0 Å². The van der Waals surface area contributed by atoms with Crippen LogP contribution in [0, 0.1) is 11.7 Å². The SMILES string of the molecule is COc1ccc(F)cc1C(C)NC(=O)NC1CCC(C(=O)O)CC1. The number of hydrogen-bond donors (Lipinski definition) is 3. The zero-order valence-electron chi connectivity index (χ0n) is 13.8. The molecule has 0 aromatic heterocycles. The van der Waals surface area contributed by atoms with Crippen LogP contribution in [0.3, 0.4) is 0 Å². The Bertz CT molecular complexity index is 600. The molecule has 2 rings (SSSR count). The number of hydrogen-bond acceptors (Lipinski definition) is 3. The van der Waals surface area contributed by atoms with Crippen molar-refractivity contribution in [3.63, 3.8) is 0 Å². The first-order chi connectivity index (χ1) is 11.4. The van der Waals surface area contributed by atoms with Crippen LogP contribution in [0.4, 0.5) is 9.18 Å². The lowest BCUT2D eigenvalue weighted by Gasteiger charge is -2.27. The van der Waals surface area contributed by atoms with Crippen molar-refractivity contribution in [2.45, 2.75) is 44.7 Å². The fraction of sp³-hybridized carbons (Fsp3) is 0.529. The van der Waals surface area contributed by atoms with E-state index in [0.717, 1.165) is 0 Å². The number of carbonyl (C=O) groups excluding carboxylic acids is 1. The number of aliphatic carboxylic acids is 1. The highest BCUT2D eigenvalue weighted by Crippen LogP contribution is 2.26. The summed E-state index contributed by atoms with van der Waals surface area (Å²) in [6.45, 7) is 1.75. The second-order valence-corrected chi connectivity index (χ2v) is 6.11. The van der Waals surface area contributed by atoms with Gasteiger partial charge in [0.05, 0.1) is 19.1 Å². The predicted octanol–water partition coefficient (Wildman–Crippen LogP) is 2.84. The number of rotatable bonds is 5. The van der Waals surface area contributed by atoms with Crippen molar-refractivity contribution in [3.05, 3.63) is 29.6 Å². The average Bonchev–Trinajstić information content (AvgIpc) is 2.55. The molecule has 0 bridgehead atoms. The van der Waals surface area contributed by atoms with E-state index in [1.165, 1.54) is 25.3 Å². The largest absolute Gasteiger partial charge is 0.496 e. The molecule has 2 amide bonds. The van der Waals surface area contributed by atoms with Crippen LogP contribution >= 0.6 is 0 Å². The summed E-state index contributed by atoms with van der Waals surface area (Å²) in [4.78, 5) is 23.1. The summed E-state index contributed by atoms with van der Waals surface area (Å²) in [6, 6.07) is 3.34. The third kappa shape index (κ3) is 4.59. The quantitative estimate of drug-likeness (QED) is 0.770. The van der Waals surface area contributed by atoms with Crippen LogP contribution in [0.15, 0.2) is 18.2 Å². The zero-order valence-corrected chi connectivity index (χ0v) is 13.8. The zero-order chi connectivity index (χ0) is 17.7. The van der Waals surface area contributed by atoms with Crippen molar-refractivity contribution in [1.29, 1.82) is 0 Å². The molecule has 1 aromatic rings. The Morgan fingerprint density at radius 1 is 1.29 bits per heavy atom. The number of halogens is 1. The maximum Gasteiger partial charge on any atom is 0.315 e.